The second-order valence-electron chi connectivity index (χ2n) is 10.1. The number of carbonyl (C=O) groups excluding carboxylic acids is 1. The first-order valence-corrected chi connectivity index (χ1v) is 13.6. The van der Waals surface area contributed by atoms with Crippen LogP contribution in [0.25, 0.3) is 22.1 Å². The minimum absolute atomic E-state index is 0.0465. The number of aliphatic hydroxyl groups excluding tert-OH is 3. The van der Waals surface area contributed by atoms with E-state index in [1.54, 1.807) is 0 Å². The summed E-state index contributed by atoms with van der Waals surface area (Å²) >= 11 is 0. The van der Waals surface area contributed by atoms with Gasteiger partial charge in [-0.1, -0.05) is 0 Å². The van der Waals surface area contributed by atoms with Crippen molar-refractivity contribution >= 4 is 16.9 Å². The number of phenols is 3. The van der Waals surface area contributed by atoms with Crippen LogP contribution in [0.4, 0.5) is 0 Å². The Labute approximate surface area is 259 Å². The first-order chi connectivity index (χ1) is 22.0. The lowest BCUT2D eigenvalue weighted by Gasteiger charge is -2.40. The van der Waals surface area contributed by atoms with Gasteiger partial charge in [0, 0.05) is 6.07 Å². The van der Waals surface area contributed by atoms with E-state index in [1.807, 2.05) is 0 Å². The van der Waals surface area contributed by atoms with E-state index in [1.165, 1.54) is 63.8 Å². The molecule has 1 saturated heterocycles. The van der Waals surface area contributed by atoms with Gasteiger partial charge in [0.15, 0.2) is 23.0 Å². The maximum absolute atomic E-state index is 13.6. The van der Waals surface area contributed by atoms with Crippen LogP contribution >= 0.6 is 0 Å². The van der Waals surface area contributed by atoms with Crippen LogP contribution in [0.3, 0.4) is 0 Å². The molecule has 0 aliphatic carbocycles. The number of phenolic OH excluding ortho intramolecular Hbond substituents is 3. The number of aliphatic hydroxyl groups is 3. The van der Waals surface area contributed by atoms with E-state index >= 15 is 0 Å². The average Bonchev–Trinajstić information content (AvgIpc) is 3.04. The van der Waals surface area contributed by atoms with Crippen LogP contribution in [-0.4, -0.2) is 95.3 Å². The van der Waals surface area contributed by atoms with Gasteiger partial charge in [-0.05, 0) is 42.0 Å². The fourth-order valence-electron chi connectivity index (χ4n) is 4.93. The van der Waals surface area contributed by atoms with Crippen molar-refractivity contribution in [3.63, 3.8) is 0 Å². The van der Waals surface area contributed by atoms with Gasteiger partial charge in [-0.2, -0.15) is 0 Å². The molecule has 5 atom stereocenters. The zero-order valence-electron chi connectivity index (χ0n) is 24.6. The van der Waals surface area contributed by atoms with Crippen molar-refractivity contribution in [3.8, 4) is 51.4 Å². The smallest absolute Gasteiger partial charge is 0.338 e. The van der Waals surface area contributed by atoms with Gasteiger partial charge in [-0.15, -0.1) is 0 Å². The second kappa shape index (κ2) is 13.0. The fourth-order valence-corrected chi connectivity index (χ4v) is 4.93. The van der Waals surface area contributed by atoms with E-state index in [2.05, 4.69) is 0 Å². The molecule has 1 fully saturated rings. The van der Waals surface area contributed by atoms with Crippen molar-refractivity contribution in [1.82, 2.24) is 0 Å². The van der Waals surface area contributed by atoms with Gasteiger partial charge in [0.1, 0.15) is 54.0 Å². The summed E-state index contributed by atoms with van der Waals surface area (Å²) in [7, 11) is 3.86. The summed E-state index contributed by atoms with van der Waals surface area (Å²) in [6.45, 7) is -0.562. The predicted molar refractivity (Wildman–Crippen MR) is 157 cm³/mol. The molecule has 15 heteroatoms. The molecule has 5 rings (SSSR count). The monoisotopic (exact) mass is 642 g/mol. The lowest BCUT2D eigenvalue weighted by molar-refractivity contribution is -0.277. The normalized spacial score (nSPS) is 21.0. The largest absolute Gasteiger partial charge is 0.508 e. The van der Waals surface area contributed by atoms with Gasteiger partial charge in [-0.25, -0.2) is 4.79 Å². The Morgan fingerprint density at radius 2 is 1.54 bits per heavy atom. The molecule has 0 saturated carbocycles. The van der Waals surface area contributed by atoms with Crippen LogP contribution in [0.5, 0.6) is 40.2 Å². The molecular weight excluding hydrogens is 612 g/mol. The second-order valence-corrected chi connectivity index (χ2v) is 10.1. The first-order valence-electron chi connectivity index (χ1n) is 13.6. The Morgan fingerprint density at radius 3 is 2.20 bits per heavy atom. The van der Waals surface area contributed by atoms with Gasteiger partial charge in [0.2, 0.25) is 23.2 Å². The molecule has 1 aliphatic rings. The standard InChI is InChI=1S/C31H30O15/c1-40-19-9-14(8-17(33)28(19)41-2)16-11-43-18-10-20(29(42-3)25(36)22(18)23(16)34)45-31-27(38)26(37)24(35)21(46-31)12-44-30(39)13-4-6-15(32)7-5-13/h4-11,21,24,26-27,31-33,35-38H,12H2,1-3H3/t21-,24-,26+,27-,31-/m1/s1. The topological polar surface area (TPSA) is 224 Å². The minimum Gasteiger partial charge on any atom is -0.508 e. The Bertz CT molecular complexity index is 1800. The summed E-state index contributed by atoms with van der Waals surface area (Å²) in [6.07, 6.45) is -7.30. The fraction of sp³-hybridized carbons (Fsp3) is 0.290. The lowest BCUT2D eigenvalue weighted by Crippen LogP contribution is -2.60. The zero-order chi connectivity index (χ0) is 33.3. The summed E-state index contributed by atoms with van der Waals surface area (Å²) in [4.78, 5) is 26.0. The van der Waals surface area contributed by atoms with Gasteiger partial charge >= 0.3 is 5.97 Å². The number of esters is 1. The van der Waals surface area contributed by atoms with Crippen LogP contribution in [0, 0.1) is 0 Å². The molecule has 0 radical (unpaired) electrons. The van der Waals surface area contributed by atoms with E-state index in [9.17, 15) is 40.2 Å². The first kappa shape index (κ1) is 32.2. The van der Waals surface area contributed by atoms with Gasteiger partial charge < -0.3 is 63.5 Å². The molecule has 1 aromatic heterocycles. The third kappa shape index (κ3) is 5.91. The van der Waals surface area contributed by atoms with Gasteiger partial charge in [-0.3, -0.25) is 4.79 Å². The number of methoxy groups -OCH3 is 3. The van der Waals surface area contributed by atoms with Gasteiger partial charge in [0.25, 0.3) is 0 Å². The quantitative estimate of drug-likeness (QED) is 0.143. The number of hydrogen-bond donors (Lipinski definition) is 6. The number of benzene rings is 3. The van der Waals surface area contributed by atoms with Crippen molar-refractivity contribution in [2.75, 3.05) is 27.9 Å². The number of carbonyl (C=O) groups is 1. The highest BCUT2D eigenvalue weighted by Gasteiger charge is 2.46. The van der Waals surface area contributed by atoms with Crippen LogP contribution < -0.4 is 24.4 Å². The van der Waals surface area contributed by atoms with Crippen LogP contribution in [0.15, 0.2) is 57.9 Å². The number of aromatic hydroxyl groups is 3. The highest BCUT2D eigenvalue weighted by Crippen LogP contribution is 2.44. The number of hydrogen-bond acceptors (Lipinski definition) is 15. The Hall–Kier alpha value is -5.22. The van der Waals surface area contributed by atoms with Crippen LogP contribution in [0.2, 0.25) is 0 Å². The average molecular weight is 643 g/mol. The van der Waals surface area contributed by atoms with E-state index in [0.717, 1.165) is 6.26 Å². The summed E-state index contributed by atoms with van der Waals surface area (Å²) in [5, 5.41) is 62.2. The number of rotatable bonds is 9. The zero-order valence-corrected chi connectivity index (χ0v) is 24.6. The van der Waals surface area contributed by atoms with E-state index in [-0.39, 0.29) is 62.2 Å². The van der Waals surface area contributed by atoms with E-state index < -0.39 is 54.5 Å². The summed E-state index contributed by atoms with van der Waals surface area (Å²) in [6, 6.07) is 9.06. The highest BCUT2D eigenvalue weighted by molar-refractivity contribution is 5.91. The molecule has 0 amide bonds. The molecule has 46 heavy (non-hydrogen) atoms. The summed E-state index contributed by atoms with van der Waals surface area (Å²) in [5.41, 5.74) is -0.647. The lowest BCUT2D eigenvalue weighted by atomic mass is 9.99. The molecule has 15 nitrogen and oxygen atoms in total. The van der Waals surface area contributed by atoms with Crippen LogP contribution in [0.1, 0.15) is 10.4 Å². The summed E-state index contributed by atoms with van der Waals surface area (Å²) in [5.74, 6) is -2.34. The maximum Gasteiger partial charge on any atom is 0.338 e. The molecule has 244 valence electrons. The van der Waals surface area contributed by atoms with Crippen LogP contribution in [-0.2, 0) is 9.47 Å². The van der Waals surface area contributed by atoms with Crippen molar-refractivity contribution < 1.29 is 68.3 Å². The minimum atomic E-state index is -1.83. The molecule has 3 aromatic carbocycles. The number of fused-ring (bicyclic) bond motifs is 1. The molecule has 0 bridgehead atoms. The number of ether oxygens (including phenoxy) is 6. The molecule has 6 N–H and O–H groups in total. The SMILES string of the molecule is COc1cc(-c2coc3cc(O[C@@H]4O[C@H](COC(=O)c5ccc(O)cc5)[C@@H](O)[C@H](O)[C@H]4O)c(OC)c(O)c3c2=O)cc(O)c1OC. The van der Waals surface area contributed by atoms with Crippen molar-refractivity contribution in [1.29, 1.82) is 0 Å². The Kier molecular flexibility index (Phi) is 9.11. The predicted octanol–water partition coefficient (Wildman–Crippen LogP) is 1.65. The molecule has 0 spiro atoms. The molecule has 4 aromatic rings. The van der Waals surface area contributed by atoms with Crippen molar-refractivity contribution in [2.45, 2.75) is 30.7 Å². The third-order valence-corrected chi connectivity index (χ3v) is 7.33. The molecule has 2 heterocycles. The molecule has 1 aliphatic heterocycles. The highest BCUT2D eigenvalue weighted by atomic mass is 16.7. The Balaban J connectivity index is 1.43. The summed E-state index contributed by atoms with van der Waals surface area (Å²) < 4.78 is 37.8. The third-order valence-electron chi connectivity index (χ3n) is 7.33. The van der Waals surface area contributed by atoms with Gasteiger partial charge in [0.05, 0.1) is 32.5 Å². The van der Waals surface area contributed by atoms with E-state index in [4.69, 9.17) is 32.8 Å². The van der Waals surface area contributed by atoms with Crippen molar-refractivity contribution in [3.05, 3.63) is 64.5 Å². The van der Waals surface area contributed by atoms with E-state index in [0.29, 0.717) is 0 Å². The Morgan fingerprint density at radius 1 is 0.848 bits per heavy atom. The molecular formula is C31H30O15. The molecule has 0 unspecified atom stereocenters. The van der Waals surface area contributed by atoms with Crippen molar-refractivity contribution in [2.24, 2.45) is 0 Å². The maximum atomic E-state index is 13.6.